The van der Waals surface area contributed by atoms with Crippen molar-refractivity contribution in [1.82, 2.24) is 14.9 Å². The highest BCUT2D eigenvalue weighted by atomic mass is 32.2. The molecule has 138 valence electrons. The SMILES string of the molecule is CSc1nc(C)cc(N2CC[C@@H]3[C@@H](CCC(=O)N3CCC(C)C)C2)n1. The summed E-state index contributed by atoms with van der Waals surface area (Å²) >= 11 is 1.59. The van der Waals surface area contributed by atoms with Crippen LogP contribution < -0.4 is 4.90 Å². The fraction of sp³-hybridized carbons (Fsp3) is 0.737. The van der Waals surface area contributed by atoms with Crippen LogP contribution in [0.3, 0.4) is 0 Å². The molecule has 0 saturated carbocycles. The molecule has 5 nitrogen and oxygen atoms in total. The van der Waals surface area contributed by atoms with Crippen LogP contribution in [0.4, 0.5) is 5.82 Å². The average molecular weight is 363 g/mol. The van der Waals surface area contributed by atoms with Gasteiger partial charge in [0.05, 0.1) is 0 Å². The maximum Gasteiger partial charge on any atom is 0.222 e. The van der Waals surface area contributed by atoms with E-state index >= 15 is 0 Å². The number of likely N-dealkylation sites (tertiary alicyclic amines) is 1. The average Bonchev–Trinajstić information content (AvgIpc) is 2.59. The van der Waals surface area contributed by atoms with Gasteiger partial charge in [0.2, 0.25) is 5.91 Å². The number of anilines is 1. The highest BCUT2D eigenvalue weighted by Crippen LogP contribution is 2.33. The molecule has 0 spiro atoms. The Morgan fingerprint density at radius 3 is 2.84 bits per heavy atom. The van der Waals surface area contributed by atoms with Gasteiger partial charge in [-0.2, -0.15) is 0 Å². The van der Waals surface area contributed by atoms with E-state index in [0.29, 0.717) is 30.2 Å². The molecule has 2 atom stereocenters. The zero-order chi connectivity index (χ0) is 18.0. The van der Waals surface area contributed by atoms with Crippen molar-refractivity contribution in [2.45, 2.75) is 57.7 Å². The minimum atomic E-state index is 0.359. The van der Waals surface area contributed by atoms with Gasteiger partial charge in [0.15, 0.2) is 5.16 Å². The predicted octanol–water partition coefficient (Wildman–Crippen LogP) is 3.37. The minimum absolute atomic E-state index is 0.359. The molecule has 0 bridgehead atoms. The smallest absolute Gasteiger partial charge is 0.222 e. The predicted molar refractivity (Wildman–Crippen MR) is 103 cm³/mol. The Labute approximate surface area is 155 Å². The third-order valence-electron chi connectivity index (χ3n) is 5.42. The first-order chi connectivity index (χ1) is 12.0. The van der Waals surface area contributed by atoms with E-state index in [0.717, 1.165) is 55.6 Å². The second-order valence-corrected chi connectivity index (χ2v) is 8.50. The molecule has 2 fully saturated rings. The number of aryl methyl sites for hydroxylation is 1. The number of piperidine rings is 2. The van der Waals surface area contributed by atoms with Crippen molar-refractivity contribution in [2.75, 3.05) is 30.8 Å². The first kappa shape index (κ1) is 18.5. The minimum Gasteiger partial charge on any atom is -0.356 e. The van der Waals surface area contributed by atoms with E-state index in [4.69, 9.17) is 4.98 Å². The van der Waals surface area contributed by atoms with Crippen LogP contribution in [0.1, 0.15) is 45.2 Å². The topological polar surface area (TPSA) is 49.3 Å². The van der Waals surface area contributed by atoms with Crippen molar-refractivity contribution < 1.29 is 4.79 Å². The fourth-order valence-electron chi connectivity index (χ4n) is 4.03. The second kappa shape index (κ2) is 7.94. The van der Waals surface area contributed by atoms with Gasteiger partial charge in [-0.25, -0.2) is 9.97 Å². The Kier molecular flexibility index (Phi) is 5.87. The number of hydrogen-bond acceptors (Lipinski definition) is 5. The third-order valence-corrected chi connectivity index (χ3v) is 5.97. The quantitative estimate of drug-likeness (QED) is 0.594. The molecule has 0 aromatic carbocycles. The van der Waals surface area contributed by atoms with E-state index < -0.39 is 0 Å². The summed E-state index contributed by atoms with van der Waals surface area (Å²) in [5.74, 6) is 2.60. The van der Waals surface area contributed by atoms with Crippen molar-refractivity contribution in [3.8, 4) is 0 Å². The van der Waals surface area contributed by atoms with Crippen molar-refractivity contribution in [2.24, 2.45) is 11.8 Å². The van der Waals surface area contributed by atoms with E-state index in [2.05, 4.69) is 34.7 Å². The fourth-order valence-corrected chi connectivity index (χ4v) is 4.45. The largest absolute Gasteiger partial charge is 0.356 e. The molecular weight excluding hydrogens is 332 g/mol. The Morgan fingerprint density at radius 1 is 1.32 bits per heavy atom. The first-order valence-corrected chi connectivity index (χ1v) is 10.6. The summed E-state index contributed by atoms with van der Waals surface area (Å²) < 4.78 is 0. The van der Waals surface area contributed by atoms with E-state index in [-0.39, 0.29) is 0 Å². The molecule has 25 heavy (non-hydrogen) atoms. The molecule has 1 aromatic rings. The molecule has 3 rings (SSSR count). The lowest BCUT2D eigenvalue weighted by Crippen LogP contribution is -2.56. The number of carbonyl (C=O) groups excluding carboxylic acids is 1. The van der Waals surface area contributed by atoms with Crippen LogP contribution in [0.5, 0.6) is 0 Å². The molecule has 2 aliphatic rings. The Morgan fingerprint density at radius 2 is 2.12 bits per heavy atom. The lowest BCUT2D eigenvalue weighted by Gasteiger charge is -2.47. The summed E-state index contributed by atoms with van der Waals surface area (Å²) in [7, 11) is 0. The number of fused-ring (bicyclic) bond motifs is 1. The van der Waals surface area contributed by atoms with Gasteiger partial charge in [-0.15, -0.1) is 0 Å². The Balaban J connectivity index is 1.71. The van der Waals surface area contributed by atoms with Crippen LogP contribution in [-0.2, 0) is 4.79 Å². The maximum atomic E-state index is 12.4. The van der Waals surface area contributed by atoms with Gasteiger partial charge in [0.25, 0.3) is 0 Å². The van der Waals surface area contributed by atoms with Crippen LogP contribution in [-0.4, -0.2) is 52.7 Å². The van der Waals surface area contributed by atoms with Gasteiger partial charge in [-0.3, -0.25) is 4.79 Å². The highest BCUT2D eigenvalue weighted by molar-refractivity contribution is 7.98. The number of amides is 1. The normalized spacial score (nSPS) is 24.0. The summed E-state index contributed by atoms with van der Waals surface area (Å²) in [5.41, 5.74) is 1.02. The molecule has 1 amide bonds. The molecule has 0 N–H and O–H groups in total. The number of carbonyl (C=O) groups is 1. The van der Waals surface area contributed by atoms with Crippen LogP contribution >= 0.6 is 11.8 Å². The van der Waals surface area contributed by atoms with Crippen molar-refractivity contribution in [3.05, 3.63) is 11.8 Å². The number of rotatable bonds is 5. The number of hydrogen-bond donors (Lipinski definition) is 0. The summed E-state index contributed by atoms with van der Waals surface area (Å²) in [6.45, 7) is 9.38. The Bertz CT molecular complexity index is 621. The summed E-state index contributed by atoms with van der Waals surface area (Å²) in [5, 5.41) is 0.842. The molecule has 0 radical (unpaired) electrons. The second-order valence-electron chi connectivity index (χ2n) is 7.72. The van der Waals surface area contributed by atoms with Gasteiger partial charge in [-0.1, -0.05) is 25.6 Å². The molecule has 6 heteroatoms. The Hall–Kier alpha value is -1.30. The van der Waals surface area contributed by atoms with Gasteiger partial charge in [0, 0.05) is 43.9 Å². The summed E-state index contributed by atoms with van der Waals surface area (Å²) in [6, 6.07) is 2.50. The molecule has 1 aromatic heterocycles. The zero-order valence-corrected chi connectivity index (χ0v) is 16.7. The van der Waals surface area contributed by atoms with E-state index in [9.17, 15) is 4.79 Å². The molecule has 0 aliphatic carbocycles. The van der Waals surface area contributed by atoms with Gasteiger partial charge >= 0.3 is 0 Å². The molecule has 2 aliphatic heterocycles. The molecule has 2 saturated heterocycles. The van der Waals surface area contributed by atoms with Crippen LogP contribution in [0.25, 0.3) is 0 Å². The lowest BCUT2D eigenvalue weighted by molar-refractivity contribution is -0.139. The van der Waals surface area contributed by atoms with Crippen molar-refractivity contribution in [3.63, 3.8) is 0 Å². The van der Waals surface area contributed by atoms with E-state index in [1.807, 2.05) is 13.2 Å². The number of thioether (sulfide) groups is 1. The van der Waals surface area contributed by atoms with Gasteiger partial charge in [-0.05, 0) is 44.3 Å². The van der Waals surface area contributed by atoms with Crippen LogP contribution in [0, 0.1) is 18.8 Å². The number of aromatic nitrogens is 2. The summed E-state index contributed by atoms with van der Waals surface area (Å²) in [4.78, 5) is 26.2. The van der Waals surface area contributed by atoms with Gasteiger partial charge in [0.1, 0.15) is 5.82 Å². The highest BCUT2D eigenvalue weighted by Gasteiger charge is 2.39. The standard InChI is InChI=1S/C19H30N4OS/c1-13(2)7-10-23-16-8-9-22(12-15(16)5-6-18(23)24)17-11-14(3)20-19(21-17)25-4/h11,13,15-16H,5-10,12H2,1-4H3/t15-,16+/m0/s1. The lowest BCUT2D eigenvalue weighted by atomic mass is 9.83. The molecule has 3 heterocycles. The van der Waals surface area contributed by atoms with Gasteiger partial charge < -0.3 is 9.80 Å². The number of nitrogens with zero attached hydrogens (tertiary/aromatic N) is 4. The van der Waals surface area contributed by atoms with Crippen LogP contribution in [0.2, 0.25) is 0 Å². The molecular formula is C19H30N4OS. The first-order valence-electron chi connectivity index (χ1n) is 9.42. The zero-order valence-electron chi connectivity index (χ0n) is 15.9. The monoisotopic (exact) mass is 362 g/mol. The van der Waals surface area contributed by atoms with Crippen LogP contribution in [0.15, 0.2) is 11.2 Å². The molecule has 0 unspecified atom stereocenters. The van der Waals surface area contributed by atoms with Crippen molar-refractivity contribution >= 4 is 23.5 Å². The summed E-state index contributed by atoms with van der Waals surface area (Å²) in [6.07, 6.45) is 5.88. The maximum absolute atomic E-state index is 12.4. The van der Waals surface area contributed by atoms with E-state index in [1.54, 1.807) is 11.8 Å². The van der Waals surface area contributed by atoms with Crippen molar-refractivity contribution in [1.29, 1.82) is 0 Å². The third kappa shape index (κ3) is 4.27. The van der Waals surface area contributed by atoms with E-state index in [1.165, 1.54) is 0 Å².